The molecule has 41 heavy (non-hydrogen) atoms. The SMILES string of the molecule is C/C=C/c1ccc2ccc([C@@H](C)OC(=O)[C@@H]3CCCN(C(=O)C(COC)NC(=O)[C@@H](NC(C)=O)C(C)C)N3)nc2c1. The molecule has 0 aliphatic carbocycles. The molecule has 0 spiro atoms. The second-order valence-corrected chi connectivity index (χ2v) is 10.5. The normalized spacial score (nSPS) is 17.7. The number of esters is 1. The quantitative estimate of drug-likeness (QED) is 0.352. The summed E-state index contributed by atoms with van der Waals surface area (Å²) in [7, 11) is 1.42. The maximum Gasteiger partial charge on any atom is 0.325 e. The molecule has 1 aliphatic heterocycles. The first kappa shape index (κ1) is 31.7. The van der Waals surface area contributed by atoms with Crippen LogP contribution in [0.25, 0.3) is 17.0 Å². The number of hydrogen-bond donors (Lipinski definition) is 3. The van der Waals surface area contributed by atoms with E-state index in [1.165, 1.54) is 19.0 Å². The summed E-state index contributed by atoms with van der Waals surface area (Å²) < 4.78 is 10.9. The zero-order valence-corrected chi connectivity index (χ0v) is 24.6. The summed E-state index contributed by atoms with van der Waals surface area (Å²) in [4.78, 5) is 55.6. The number of nitrogens with zero attached hydrogens (tertiary/aromatic N) is 2. The van der Waals surface area contributed by atoms with Crippen LogP contribution in [0.2, 0.25) is 0 Å². The van der Waals surface area contributed by atoms with E-state index >= 15 is 0 Å². The van der Waals surface area contributed by atoms with Crippen LogP contribution >= 0.6 is 0 Å². The van der Waals surface area contributed by atoms with E-state index in [4.69, 9.17) is 14.5 Å². The number of pyridine rings is 1. The van der Waals surface area contributed by atoms with Gasteiger partial charge in [0, 0.05) is 26.0 Å². The van der Waals surface area contributed by atoms with Crippen molar-refractivity contribution in [1.82, 2.24) is 26.1 Å². The Bertz CT molecular complexity index is 1280. The molecule has 1 saturated heterocycles. The predicted molar refractivity (Wildman–Crippen MR) is 155 cm³/mol. The molecule has 0 saturated carbocycles. The van der Waals surface area contributed by atoms with Crippen LogP contribution in [0.15, 0.2) is 36.4 Å². The van der Waals surface area contributed by atoms with Crippen LogP contribution in [0, 0.1) is 5.92 Å². The number of amides is 3. The van der Waals surface area contributed by atoms with Gasteiger partial charge >= 0.3 is 5.97 Å². The molecule has 11 heteroatoms. The van der Waals surface area contributed by atoms with E-state index in [2.05, 4.69) is 16.1 Å². The highest BCUT2D eigenvalue weighted by Gasteiger charge is 2.35. The summed E-state index contributed by atoms with van der Waals surface area (Å²) in [5.74, 6) is -1.99. The van der Waals surface area contributed by atoms with Gasteiger partial charge in [-0.15, -0.1) is 0 Å². The second kappa shape index (κ2) is 14.7. The number of hydrazine groups is 1. The number of nitrogens with one attached hydrogen (secondary N) is 3. The smallest absolute Gasteiger partial charge is 0.325 e. The van der Waals surface area contributed by atoms with Crippen molar-refractivity contribution in [3.63, 3.8) is 0 Å². The Balaban J connectivity index is 1.66. The first-order chi connectivity index (χ1) is 19.5. The van der Waals surface area contributed by atoms with Crippen molar-refractivity contribution in [3.05, 3.63) is 47.7 Å². The van der Waals surface area contributed by atoms with Crippen LogP contribution in [0.1, 0.15) is 64.8 Å². The third-order valence-electron chi connectivity index (χ3n) is 6.80. The maximum atomic E-state index is 13.4. The standard InChI is InChI=1S/C30H41N5O6/c1-7-9-21-11-12-22-13-14-23(32-25(22)16-21)19(4)41-30(39)24-10-8-15-35(34-24)29(38)26(17-40-6)33-28(37)27(18(2)3)31-20(5)36/h7,9,11-14,16,18-19,24,26-27,34H,8,10,15,17H2,1-6H3,(H,31,36)(H,33,37)/b9-7+/t19-,24+,26?,27+/m1/s1. The van der Waals surface area contributed by atoms with Gasteiger partial charge in [-0.25, -0.2) is 10.4 Å². The number of benzene rings is 1. The molecule has 1 aliphatic rings. The molecule has 1 fully saturated rings. The van der Waals surface area contributed by atoms with E-state index in [1.54, 1.807) is 20.8 Å². The van der Waals surface area contributed by atoms with E-state index in [-0.39, 0.29) is 18.4 Å². The Hall–Kier alpha value is -3.83. The number of fused-ring (bicyclic) bond motifs is 1. The molecule has 0 bridgehead atoms. The van der Waals surface area contributed by atoms with Gasteiger partial charge in [0.05, 0.1) is 17.8 Å². The van der Waals surface area contributed by atoms with Gasteiger partial charge in [-0.2, -0.15) is 0 Å². The first-order valence-electron chi connectivity index (χ1n) is 13.9. The average Bonchev–Trinajstić information content (AvgIpc) is 2.94. The van der Waals surface area contributed by atoms with Crippen LogP contribution in [0.5, 0.6) is 0 Å². The molecule has 1 unspecified atom stereocenters. The van der Waals surface area contributed by atoms with Crippen LogP contribution in [0.3, 0.4) is 0 Å². The maximum absolute atomic E-state index is 13.4. The van der Waals surface area contributed by atoms with E-state index in [9.17, 15) is 19.2 Å². The predicted octanol–water partition coefficient (Wildman–Crippen LogP) is 2.66. The Kier molecular flexibility index (Phi) is 11.4. The molecule has 1 aromatic carbocycles. The van der Waals surface area contributed by atoms with Crippen molar-refractivity contribution in [3.8, 4) is 0 Å². The van der Waals surface area contributed by atoms with E-state index in [1.807, 2.05) is 49.4 Å². The Morgan fingerprint density at radius 2 is 1.88 bits per heavy atom. The Morgan fingerprint density at radius 1 is 1.15 bits per heavy atom. The fraction of sp³-hybridized carbons (Fsp3) is 0.500. The lowest BCUT2D eigenvalue weighted by Crippen LogP contribution is -2.62. The minimum Gasteiger partial charge on any atom is -0.455 e. The number of carbonyl (C=O) groups is 4. The zero-order chi connectivity index (χ0) is 30.1. The second-order valence-electron chi connectivity index (χ2n) is 10.5. The summed E-state index contributed by atoms with van der Waals surface area (Å²) in [5, 5.41) is 7.61. The summed E-state index contributed by atoms with van der Waals surface area (Å²) >= 11 is 0. The summed E-state index contributed by atoms with van der Waals surface area (Å²) in [5.41, 5.74) is 5.42. The lowest BCUT2D eigenvalue weighted by molar-refractivity contribution is -0.157. The summed E-state index contributed by atoms with van der Waals surface area (Å²) in [6.45, 7) is 8.90. The third kappa shape index (κ3) is 8.58. The highest BCUT2D eigenvalue weighted by Crippen LogP contribution is 2.22. The lowest BCUT2D eigenvalue weighted by Gasteiger charge is -2.35. The number of carbonyl (C=O) groups excluding carboxylic acids is 4. The van der Waals surface area contributed by atoms with E-state index in [0.717, 1.165) is 16.5 Å². The Morgan fingerprint density at radius 3 is 2.54 bits per heavy atom. The topological polar surface area (TPSA) is 139 Å². The number of allylic oxidation sites excluding steroid dienone is 1. The molecule has 2 heterocycles. The average molecular weight is 568 g/mol. The number of ether oxygens (including phenoxy) is 2. The third-order valence-corrected chi connectivity index (χ3v) is 6.80. The number of aromatic nitrogens is 1. The fourth-order valence-corrected chi connectivity index (χ4v) is 4.65. The van der Waals surface area contributed by atoms with Crippen molar-refractivity contribution in [2.75, 3.05) is 20.3 Å². The first-order valence-corrected chi connectivity index (χ1v) is 13.9. The van der Waals surface area contributed by atoms with Crippen LogP contribution in [0.4, 0.5) is 0 Å². The van der Waals surface area contributed by atoms with Gasteiger partial charge in [0.2, 0.25) is 11.8 Å². The van der Waals surface area contributed by atoms with Gasteiger partial charge in [-0.1, -0.05) is 44.2 Å². The van der Waals surface area contributed by atoms with E-state index < -0.39 is 42.0 Å². The monoisotopic (exact) mass is 567 g/mol. The van der Waals surface area contributed by atoms with Gasteiger partial charge in [-0.3, -0.25) is 24.2 Å². The molecular weight excluding hydrogens is 526 g/mol. The summed E-state index contributed by atoms with van der Waals surface area (Å²) in [6.07, 6.45) is 4.38. The molecule has 11 nitrogen and oxygen atoms in total. The molecule has 1 aromatic heterocycles. The van der Waals surface area contributed by atoms with Crippen molar-refractivity contribution in [2.24, 2.45) is 5.92 Å². The minimum atomic E-state index is -1.02. The van der Waals surface area contributed by atoms with Gasteiger partial charge in [-0.05, 0) is 50.3 Å². The molecular formula is C30H41N5O6. The minimum absolute atomic E-state index is 0.0802. The number of rotatable bonds is 11. The van der Waals surface area contributed by atoms with Crippen LogP contribution < -0.4 is 16.1 Å². The van der Waals surface area contributed by atoms with Gasteiger partial charge in [0.25, 0.3) is 5.91 Å². The van der Waals surface area contributed by atoms with Crippen molar-refractivity contribution in [1.29, 1.82) is 0 Å². The summed E-state index contributed by atoms with van der Waals surface area (Å²) in [6, 6.07) is 7.20. The van der Waals surface area contributed by atoms with Gasteiger partial charge in [0.15, 0.2) is 0 Å². The van der Waals surface area contributed by atoms with E-state index in [0.29, 0.717) is 25.1 Å². The molecule has 2 aromatic rings. The lowest BCUT2D eigenvalue weighted by atomic mass is 10.0. The zero-order valence-electron chi connectivity index (χ0n) is 24.6. The number of methoxy groups -OCH3 is 1. The van der Waals surface area contributed by atoms with Crippen LogP contribution in [-0.4, -0.2) is 72.1 Å². The highest BCUT2D eigenvalue weighted by molar-refractivity contribution is 5.92. The molecule has 3 rings (SSSR count). The largest absolute Gasteiger partial charge is 0.455 e. The fourth-order valence-electron chi connectivity index (χ4n) is 4.65. The molecule has 3 amide bonds. The molecule has 3 N–H and O–H groups in total. The van der Waals surface area contributed by atoms with Crippen molar-refractivity contribution in [2.45, 2.75) is 71.7 Å². The van der Waals surface area contributed by atoms with Gasteiger partial charge in [0.1, 0.15) is 24.2 Å². The molecule has 222 valence electrons. The van der Waals surface area contributed by atoms with Crippen LogP contribution in [-0.2, 0) is 28.7 Å². The van der Waals surface area contributed by atoms with Crippen molar-refractivity contribution < 1.29 is 28.7 Å². The highest BCUT2D eigenvalue weighted by atomic mass is 16.5. The number of hydrogen-bond acceptors (Lipinski definition) is 8. The Labute approximate surface area is 241 Å². The molecule has 4 atom stereocenters. The van der Waals surface area contributed by atoms with Gasteiger partial charge < -0.3 is 20.1 Å². The molecule has 0 radical (unpaired) electrons. The van der Waals surface area contributed by atoms with Crippen molar-refractivity contribution >= 4 is 40.7 Å².